The Hall–Kier alpha value is -7.94. The van der Waals surface area contributed by atoms with Crippen LogP contribution in [0.3, 0.4) is 0 Å². The number of nitrogens with one attached hydrogen (secondary N) is 2. The van der Waals surface area contributed by atoms with E-state index >= 15 is 0 Å². The highest BCUT2D eigenvalue weighted by molar-refractivity contribution is 7.88. The van der Waals surface area contributed by atoms with Crippen LogP contribution in [-0.4, -0.2) is 139 Å². The van der Waals surface area contributed by atoms with Gasteiger partial charge in [0.1, 0.15) is 0 Å². The molecule has 105 heavy (non-hydrogen) atoms. The number of hydrogen-bond acceptors (Lipinski definition) is 8. The predicted octanol–water partition coefficient (Wildman–Crippen LogP) is 20.8. The average molecular weight is 1500 g/mol. The van der Waals surface area contributed by atoms with Crippen molar-refractivity contribution in [2.24, 2.45) is 7.05 Å². The second kappa shape index (κ2) is 38.0. The third kappa shape index (κ3) is 22.8. The van der Waals surface area contributed by atoms with Crippen molar-refractivity contribution in [3.8, 4) is 0 Å². The van der Waals surface area contributed by atoms with Gasteiger partial charge in [-0.1, -0.05) is 124 Å². The maximum absolute atomic E-state index is 11.8. The molecule has 3 aliphatic heterocycles. The molecule has 8 heterocycles. The lowest BCUT2D eigenvalue weighted by molar-refractivity contribution is 0.173. The van der Waals surface area contributed by atoms with Gasteiger partial charge in [-0.3, -0.25) is 0 Å². The topological polar surface area (TPSA) is 151 Å². The molecule has 0 bridgehead atoms. The molecule has 0 atom stereocenters. The molecule has 0 unspecified atom stereocenters. The molecule has 2 amide bonds. The van der Waals surface area contributed by atoms with Crippen molar-refractivity contribution in [3.05, 3.63) is 238 Å². The first-order valence-corrected chi connectivity index (χ1v) is 41.3. The summed E-state index contributed by atoms with van der Waals surface area (Å²) in [5.41, 5.74) is 26.4. The fourth-order valence-electron chi connectivity index (χ4n) is 12.6. The van der Waals surface area contributed by atoms with Gasteiger partial charge >= 0.3 is 6.03 Å². The number of fused-ring (bicyclic) bond motifs is 6. The monoisotopic (exact) mass is 1500 g/mol. The molecule has 11 aromatic rings. The van der Waals surface area contributed by atoms with Crippen LogP contribution in [0.1, 0.15) is 138 Å². The molecule has 0 saturated carbocycles. The minimum atomic E-state index is -3.22. The lowest BCUT2D eigenvalue weighted by atomic mass is 10.0. The maximum Gasteiger partial charge on any atom is 0.319 e. The van der Waals surface area contributed by atoms with E-state index in [4.69, 9.17) is 0 Å². The summed E-state index contributed by atoms with van der Waals surface area (Å²) >= 11 is 3.88. The molecule has 14 nitrogen and oxygen atoms in total. The van der Waals surface area contributed by atoms with Crippen molar-refractivity contribution in [2.45, 2.75) is 156 Å². The van der Waals surface area contributed by atoms with Crippen molar-refractivity contribution in [2.75, 3.05) is 73.7 Å². The zero-order valence-corrected chi connectivity index (χ0v) is 70.3. The van der Waals surface area contributed by atoms with Gasteiger partial charge in [0.05, 0.1) is 23.6 Å². The number of amides is 2. The van der Waals surface area contributed by atoms with Crippen LogP contribution in [0.25, 0.3) is 53.7 Å². The molecule has 6 aromatic carbocycles. The van der Waals surface area contributed by atoms with E-state index in [1.807, 2.05) is 41.4 Å². The first kappa shape index (κ1) is 84.3. The normalized spacial score (nSPS) is 14.6. The van der Waals surface area contributed by atoms with Crippen molar-refractivity contribution >= 4 is 103 Å². The fraction of sp³-hybridized carbons (Fsp3) is 0.402. The number of urea groups is 1. The van der Waals surface area contributed by atoms with Crippen LogP contribution in [0.15, 0.2) is 167 Å². The number of H-pyrrole nitrogens is 2. The van der Waals surface area contributed by atoms with Crippen molar-refractivity contribution in [1.29, 1.82) is 0 Å². The number of imidazole rings is 1. The van der Waals surface area contributed by atoms with E-state index in [2.05, 4.69) is 258 Å². The van der Waals surface area contributed by atoms with Gasteiger partial charge in [0.15, 0.2) is 0 Å². The second-order valence-corrected chi connectivity index (χ2v) is 35.7. The zero-order valence-electron chi connectivity index (χ0n) is 67.0. The summed E-state index contributed by atoms with van der Waals surface area (Å²) in [4.78, 5) is 30.3. The zero-order chi connectivity index (χ0) is 77.4. The summed E-state index contributed by atoms with van der Waals surface area (Å²) < 4.78 is 53.7. The van der Waals surface area contributed by atoms with Crippen LogP contribution in [0, 0.1) is 76.2 Å². The summed E-state index contributed by atoms with van der Waals surface area (Å²) in [5, 5.41) is 6.74. The van der Waals surface area contributed by atoms with E-state index in [0.717, 1.165) is 43.4 Å². The predicted molar refractivity (Wildman–Crippen MR) is 452 cm³/mol. The minimum Gasteiger partial charge on any atom is -0.358 e. The average Bonchev–Trinajstić information content (AvgIpc) is 1.59. The third-order valence-electron chi connectivity index (χ3n) is 20.9. The third-order valence-corrected chi connectivity index (χ3v) is 26.5. The standard InChI is InChI=1S/C12H12.C10H18N2O.2C10H11N.C10H10S.C9H18N2O2S.C9H10N2.C9H12S.C8H15NO2S/c1-9-7-11-5-3-4-6-12(11)8-10(9)2;1-8-5-6-12(7-9(8)2)10(13)11(3)4;1-8-7-9-5-3-4-6-10(9)11(8)2;2*1-7-8(2)11-10-6-4-3-5-9(7)10;1-8-5-6-11(7-9(8)2)14(12,13)10(3)4;1-6-3-8-9(4-7(6)2)11-5-10-8;1-6-7(2)10-9-5-3-4-8(6)9;1-7-4-5-9(6-8(7)2)12(3,10)11/h3-8H,1-2H3;5-7H2,1-4H3;3-7H,1-2H3;3-6,11H,1-2H3;3-6H,1-2H3;5-7H2,1-4H3;3-5H,1-2H3,(H,10,11);3-5H2,1-2H3;4-6H2,1-3H3. The molecule has 0 fully saturated rings. The van der Waals surface area contributed by atoms with Gasteiger partial charge in [-0.05, 0) is 259 Å². The highest BCUT2D eigenvalue weighted by Crippen LogP contribution is 2.35. The quantitative estimate of drug-likeness (QED) is 0.168. The molecule has 0 radical (unpaired) electrons. The summed E-state index contributed by atoms with van der Waals surface area (Å²) in [5.74, 6) is 0. The molecule has 0 spiro atoms. The number of carbonyl (C=O) groups excluding carboxylic acids is 1. The van der Waals surface area contributed by atoms with Gasteiger partial charge in [0, 0.05) is 122 Å². The largest absolute Gasteiger partial charge is 0.358 e. The first-order valence-electron chi connectivity index (χ1n) is 36.5. The lowest BCUT2D eigenvalue weighted by Gasteiger charge is -2.30. The van der Waals surface area contributed by atoms with E-state index < -0.39 is 20.2 Å². The van der Waals surface area contributed by atoms with Crippen LogP contribution in [-0.2, 0) is 40.1 Å². The van der Waals surface area contributed by atoms with Crippen molar-refractivity contribution in [3.63, 3.8) is 0 Å². The number of nitrogens with zero attached hydrogens (tertiary/aromatic N) is 7. The Labute approximate surface area is 636 Å². The Bertz CT molecular complexity index is 4870. The molecule has 0 saturated heterocycles. The number of rotatable bonds is 3. The van der Waals surface area contributed by atoms with E-state index in [1.165, 1.54) is 169 Å². The molecule has 564 valence electrons. The van der Waals surface area contributed by atoms with Crippen molar-refractivity contribution in [1.82, 2.24) is 42.2 Å². The van der Waals surface area contributed by atoms with Crippen LogP contribution in [0.2, 0.25) is 0 Å². The summed E-state index contributed by atoms with van der Waals surface area (Å²) in [6.45, 7) is 40.1. The summed E-state index contributed by atoms with van der Waals surface area (Å²) in [6.07, 6.45) is 9.80. The molecular formula is C87H117N9O5S4. The Morgan fingerprint density at radius 3 is 1.54 bits per heavy atom. The van der Waals surface area contributed by atoms with Gasteiger partial charge < -0.3 is 24.3 Å². The molecule has 1 aliphatic carbocycles. The Kier molecular flexibility index (Phi) is 30.5. The van der Waals surface area contributed by atoms with Crippen LogP contribution >= 0.6 is 22.7 Å². The number of para-hydroxylation sites is 2. The molecule has 5 aromatic heterocycles. The van der Waals surface area contributed by atoms with Crippen LogP contribution < -0.4 is 0 Å². The number of hydrogen-bond donors (Lipinski definition) is 2. The molecule has 15 rings (SSSR count). The lowest BCUT2D eigenvalue weighted by Crippen LogP contribution is -2.43. The molecule has 4 aliphatic rings. The Balaban J connectivity index is 0.000000165. The number of aromatic amines is 2. The van der Waals surface area contributed by atoms with E-state index in [0.29, 0.717) is 26.2 Å². The number of benzene rings is 6. The van der Waals surface area contributed by atoms with Gasteiger partial charge in [-0.15, -0.1) is 22.7 Å². The van der Waals surface area contributed by atoms with Crippen molar-refractivity contribution < 1.29 is 21.6 Å². The van der Waals surface area contributed by atoms with E-state index in [-0.39, 0.29) is 6.03 Å². The van der Waals surface area contributed by atoms with Crippen LogP contribution in [0.4, 0.5) is 4.79 Å². The van der Waals surface area contributed by atoms with E-state index in [1.54, 1.807) is 55.4 Å². The second-order valence-electron chi connectivity index (χ2n) is 29.0. The number of aryl methyl sites for hydroxylation is 12. The first-order chi connectivity index (χ1) is 49.5. The number of thiophene rings is 2. The maximum atomic E-state index is 11.8. The number of carbonyl (C=O) groups is 1. The highest BCUT2D eigenvalue weighted by Gasteiger charge is 2.28. The fourth-order valence-corrected chi connectivity index (χ4v) is 17.0. The van der Waals surface area contributed by atoms with Gasteiger partial charge in [0.25, 0.3) is 10.2 Å². The highest BCUT2D eigenvalue weighted by atomic mass is 32.2. The molecule has 18 heteroatoms. The Morgan fingerprint density at radius 1 is 0.495 bits per heavy atom. The van der Waals surface area contributed by atoms with E-state index in [9.17, 15) is 21.6 Å². The smallest absolute Gasteiger partial charge is 0.319 e. The SMILES string of the molecule is CC1=C(C)CN(C(=O)N(C)C)CC1.CC1=C(C)CN(S(=O)(=O)N(C)C)CC1.CC1=C(C)CN(S(C)(=O)=O)CC1.Cc1[nH]c2ccccc2c1C.Cc1cc2ccccc2cc1C.Cc1cc2ccccc2n1C.Cc1cc2nc[nH]c2cc1C.Cc1sc2c(c1C)CCC2.Cc1sc2ccccc2c1C. The molecular weight excluding hydrogens is 1380 g/mol. The number of sulfonamides is 1. The molecule has 2 N–H and O–H groups in total. The van der Waals surface area contributed by atoms with Gasteiger partial charge in [-0.2, -0.15) is 21.3 Å². The summed E-state index contributed by atoms with van der Waals surface area (Å²) in [6, 6.07) is 44.9. The minimum absolute atomic E-state index is 0.117. The Morgan fingerprint density at radius 2 is 1.00 bits per heavy atom. The van der Waals surface area contributed by atoms with Crippen LogP contribution in [0.5, 0.6) is 0 Å². The van der Waals surface area contributed by atoms with Gasteiger partial charge in [-0.25, -0.2) is 18.2 Å². The number of aromatic nitrogens is 4. The van der Waals surface area contributed by atoms with Gasteiger partial charge in [0.2, 0.25) is 10.0 Å². The summed E-state index contributed by atoms with van der Waals surface area (Å²) in [7, 11) is 2.61.